The standard InChI is InChI=1S/C10H15F3O3.Pd/c1-3-5-6-7(4-2)8(14)16-9(15)10(11,12)13;/h7H,3-6H2,1-2H3;. The molecule has 0 saturated carbocycles. The molecule has 0 aliphatic rings. The number of rotatable bonds is 5. The summed E-state index contributed by atoms with van der Waals surface area (Å²) in [4.78, 5) is 21.6. The first-order chi connectivity index (χ1) is 7.32. The molecule has 0 bridgehead atoms. The Balaban J connectivity index is 0. The summed E-state index contributed by atoms with van der Waals surface area (Å²) in [5.41, 5.74) is 0. The normalized spacial score (nSPS) is 12.5. The Morgan fingerprint density at radius 3 is 2.12 bits per heavy atom. The molecule has 0 aliphatic heterocycles. The second-order valence-corrected chi connectivity index (χ2v) is 3.45. The van der Waals surface area contributed by atoms with Crippen LogP contribution in [0.4, 0.5) is 13.2 Å². The molecule has 3 nitrogen and oxygen atoms in total. The van der Waals surface area contributed by atoms with Gasteiger partial charge in [-0.05, 0) is 12.8 Å². The molecule has 0 fully saturated rings. The Labute approximate surface area is 112 Å². The number of esters is 2. The van der Waals surface area contributed by atoms with E-state index in [0.717, 1.165) is 6.42 Å². The van der Waals surface area contributed by atoms with Crippen molar-refractivity contribution >= 4 is 11.9 Å². The Hall–Kier alpha value is -0.408. The monoisotopic (exact) mass is 346 g/mol. The molecule has 7 heteroatoms. The van der Waals surface area contributed by atoms with Crippen molar-refractivity contribution in [2.45, 2.75) is 45.7 Å². The molecule has 0 radical (unpaired) electrons. The minimum Gasteiger partial charge on any atom is -0.386 e. The van der Waals surface area contributed by atoms with Crippen molar-refractivity contribution < 1.29 is 47.9 Å². The molecular formula is C10H15F3O3Pd. The predicted octanol–water partition coefficient (Wildman–Crippen LogP) is 2.83. The first-order valence-electron chi connectivity index (χ1n) is 5.15. The van der Waals surface area contributed by atoms with E-state index in [4.69, 9.17) is 0 Å². The number of unbranched alkanes of at least 4 members (excludes halogenated alkanes) is 1. The van der Waals surface area contributed by atoms with Gasteiger partial charge in [0.2, 0.25) is 0 Å². The molecular weight excluding hydrogens is 332 g/mol. The first-order valence-corrected chi connectivity index (χ1v) is 5.15. The quantitative estimate of drug-likeness (QED) is 0.437. The summed E-state index contributed by atoms with van der Waals surface area (Å²) < 4.78 is 39.2. The third kappa shape index (κ3) is 7.50. The van der Waals surface area contributed by atoms with Crippen LogP contribution in [0.15, 0.2) is 0 Å². The second-order valence-electron chi connectivity index (χ2n) is 3.45. The molecule has 1 unspecified atom stereocenters. The maximum atomic E-state index is 11.8. The average molecular weight is 347 g/mol. The molecule has 0 spiro atoms. The van der Waals surface area contributed by atoms with Crippen LogP contribution in [0.1, 0.15) is 39.5 Å². The number of ether oxygens (including phenoxy) is 1. The van der Waals surface area contributed by atoms with Crippen LogP contribution in [0.2, 0.25) is 0 Å². The number of carbonyl (C=O) groups excluding carboxylic acids is 2. The summed E-state index contributed by atoms with van der Waals surface area (Å²) in [6.45, 7) is 3.57. The number of hydrogen-bond acceptors (Lipinski definition) is 3. The van der Waals surface area contributed by atoms with Gasteiger partial charge in [0.05, 0.1) is 5.92 Å². The summed E-state index contributed by atoms with van der Waals surface area (Å²) in [5.74, 6) is -4.16. The number of hydrogen-bond donors (Lipinski definition) is 0. The zero-order valence-electron chi connectivity index (χ0n) is 9.58. The van der Waals surface area contributed by atoms with Crippen LogP contribution in [0, 0.1) is 5.92 Å². The average Bonchev–Trinajstić information content (AvgIpc) is 2.17. The van der Waals surface area contributed by atoms with Gasteiger partial charge in [0.1, 0.15) is 0 Å². The SMILES string of the molecule is CCCCC(CC)C(=O)OC(=O)C(F)(F)F.[Pd]. The minimum absolute atomic E-state index is 0. The summed E-state index contributed by atoms with van der Waals surface area (Å²) in [6, 6.07) is 0. The molecule has 0 aromatic heterocycles. The molecule has 0 saturated heterocycles. The Morgan fingerprint density at radius 1 is 1.24 bits per heavy atom. The van der Waals surface area contributed by atoms with Crippen molar-refractivity contribution in [1.29, 1.82) is 0 Å². The minimum atomic E-state index is -5.11. The van der Waals surface area contributed by atoms with Crippen LogP contribution in [0.25, 0.3) is 0 Å². The smallest absolute Gasteiger partial charge is 0.386 e. The van der Waals surface area contributed by atoms with Gasteiger partial charge in [-0.2, -0.15) is 13.2 Å². The summed E-state index contributed by atoms with van der Waals surface area (Å²) >= 11 is 0. The van der Waals surface area contributed by atoms with E-state index < -0.39 is 24.0 Å². The number of alkyl halides is 3. The fourth-order valence-electron chi connectivity index (χ4n) is 1.17. The van der Waals surface area contributed by atoms with Gasteiger partial charge in [0.15, 0.2) is 0 Å². The molecule has 0 rings (SSSR count). The van der Waals surface area contributed by atoms with Crippen LogP contribution >= 0.6 is 0 Å². The fourth-order valence-corrected chi connectivity index (χ4v) is 1.17. The molecule has 0 amide bonds. The van der Waals surface area contributed by atoms with E-state index in [1.165, 1.54) is 0 Å². The van der Waals surface area contributed by atoms with Gasteiger partial charge in [-0.3, -0.25) is 4.79 Å². The Kier molecular flexibility index (Phi) is 9.64. The molecule has 104 valence electrons. The van der Waals surface area contributed by atoms with Crippen LogP contribution in [-0.4, -0.2) is 18.1 Å². The zero-order valence-corrected chi connectivity index (χ0v) is 11.1. The van der Waals surface area contributed by atoms with Crippen LogP contribution in [-0.2, 0) is 34.7 Å². The Bertz CT molecular complexity index is 254. The van der Waals surface area contributed by atoms with Crippen LogP contribution in [0.5, 0.6) is 0 Å². The molecule has 0 aromatic carbocycles. The van der Waals surface area contributed by atoms with E-state index in [9.17, 15) is 22.8 Å². The maximum absolute atomic E-state index is 11.8. The predicted molar refractivity (Wildman–Crippen MR) is 50.5 cm³/mol. The van der Waals surface area contributed by atoms with E-state index in [-0.39, 0.29) is 20.4 Å². The second kappa shape index (κ2) is 8.65. The summed E-state index contributed by atoms with van der Waals surface area (Å²) in [5, 5.41) is 0. The van der Waals surface area contributed by atoms with E-state index >= 15 is 0 Å². The van der Waals surface area contributed by atoms with Crippen molar-refractivity contribution in [3.8, 4) is 0 Å². The molecule has 17 heavy (non-hydrogen) atoms. The number of halogens is 3. The van der Waals surface area contributed by atoms with Crippen molar-refractivity contribution in [3.63, 3.8) is 0 Å². The fraction of sp³-hybridized carbons (Fsp3) is 0.800. The van der Waals surface area contributed by atoms with E-state index in [1.54, 1.807) is 6.92 Å². The van der Waals surface area contributed by atoms with Crippen molar-refractivity contribution in [2.24, 2.45) is 5.92 Å². The third-order valence-corrected chi connectivity index (χ3v) is 2.16. The molecule has 0 aliphatic carbocycles. The van der Waals surface area contributed by atoms with E-state index in [1.807, 2.05) is 6.92 Å². The number of carbonyl (C=O) groups is 2. The van der Waals surface area contributed by atoms with Gasteiger partial charge in [-0.1, -0.05) is 26.7 Å². The van der Waals surface area contributed by atoms with Crippen LogP contribution < -0.4 is 0 Å². The largest absolute Gasteiger partial charge is 0.491 e. The third-order valence-electron chi connectivity index (χ3n) is 2.16. The summed E-state index contributed by atoms with van der Waals surface area (Å²) in [6.07, 6.45) is -2.76. The van der Waals surface area contributed by atoms with Gasteiger partial charge < -0.3 is 4.74 Å². The van der Waals surface area contributed by atoms with E-state index in [0.29, 0.717) is 19.3 Å². The van der Waals surface area contributed by atoms with Gasteiger partial charge in [-0.25, -0.2) is 4.79 Å². The topological polar surface area (TPSA) is 43.4 Å². The van der Waals surface area contributed by atoms with Gasteiger partial charge in [-0.15, -0.1) is 0 Å². The van der Waals surface area contributed by atoms with Crippen molar-refractivity contribution in [1.82, 2.24) is 0 Å². The van der Waals surface area contributed by atoms with Gasteiger partial charge in [0.25, 0.3) is 0 Å². The summed E-state index contributed by atoms with van der Waals surface area (Å²) in [7, 11) is 0. The first kappa shape index (κ1) is 18.9. The molecule has 0 aromatic rings. The van der Waals surface area contributed by atoms with E-state index in [2.05, 4.69) is 4.74 Å². The maximum Gasteiger partial charge on any atom is 0.491 e. The van der Waals surface area contributed by atoms with Gasteiger partial charge in [0, 0.05) is 20.4 Å². The molecule has 1 atom stereocenters. The van der Waals surface area contributed by atoms with Crippen molar-refractivity contribution in [2.75, 3.05) is 0 Å². The Morgan fingerprint density at radius 2 is 1.76 bits per heavy atom. The van der Waals surface area contributed by atoms with Crippen LogP contribution in [0.3, 0.4) is 0 Å². The van der Waals surface area contributed by atoms with Gasteiger partial charge >= 0.3 is 18.1 Å². The zero-order chi connectivity index (χ0) is 12.8. The van der Waals surface area contributed by atoms with Crippen molar-refractivity contribution in [3.05, 3.63) is 0 Å². The molecule has 0 N–H and O–H groups in total. The molecule has 0 heterocycles.